The highest BCUT2D eigenvalue weighted by molar-refractivity contribution is 6.18. The quantitative estimate of drug-likeness (QED) is 0.868. The molecule has 1 heterocycles. The molecule has 1 aromatic carbocycles. The molecule has 1 N–H and O–H groups in total. The summed E-state index contributed by atoms with van der Waals surface area (Å²) in [6.07, 6.45) is 5.17. The van der Waals surface area contributed by atoms with Gasteiger partial charge in [-0.3, -0.25) is 4.79 Å². The van der Waals surface area contributed by atoms with Crippen LogP contribution in [0.2, 0.25) is 0 Å². The number of hydrogen-bond acceptors (Lipinski definition) is 2. The van der Waals surface area contributed by atoms with Gasteiger partial charge in [0.05, 0.1) is 0 Å². The van der Waals surface area contributed by atoms with Crippen molar-refractivity contribution in [2.24, 2.45) is 11.8 Å². The maximum Gasteiger partial charge on any atom is 0.261 e. The van der Waals surface area contributed by atoms with E-state index in [0.717, 1.165) is 17.9 Å². The predicted octanol–water partition coefficient (Wildman–Crippen LogP) is 3.15. The second-order valence-corrected chi connectivity index (χ2v) is 6.43. The number of ether oxygens (including phenoxy) is 1. The lowest BCUT2D eigenvalue weighted by molar-refractivity contribution is -0.127. The summed E-state index contributed by atoms with van der Waals surface area (Å²) in [6, 6.07) is 7.86. The topological polar surface area (TPSA) is 38.3 Å². The SMILES string of the molecule is O=C(NCC1CCCCC1CCl)C1Cc2ccccc2O1. The Hall–Kier alpha value is -1.22. The van der Waals surface area contributed by atoms with Crippen LogP contribution in [0.4, 0.5) is 0 Å². The number of fused-ring (bicyclic) bond motifs is 1. The molecule has 3 atom stereocenters. The van der Waals surface area contributed by atoms with Gasteiger partial charge in [0.15, 0.2) is 6.10 Å². The number of amides is 1. The van der Waals surface area contributed by atoms with E-state index in [1.165, 1.54) is 25.7 Å². The summed E-state index contributed by atoms with van der Waals surface area (Å²) >= 11 is 6.04. The minimum atomic E-state index is -0.375. The Morgan fingerprint density at radius 2 is 2.00 bits per heavy atom. The average Bonchev–Trinajstić information content (AvgIpc) is 2.97. The van der Waals surface area contributed by atoms with Gasteiger partial charge in [0, 0.05) is 18.8 Å². The summed E-state index contributed by atoms with van der Waals surface area (Å²) in [5.74, 6) is 2.61. The van der Waals surface area contributed by atoms with Crippen LogP contribution in [0.1, 0.15) is 31.2 Å². The molecule has 0 aromatic heterocycles. The molecule has 2 aliphatic rings. The van der Waals surface area contributed by atoms with E-state index in [0.29, 0.717) is 24.1 Å². The summed E-state index contributed by atoms with van der Waals surface area (Å²) < 4.78 is 5.72. The number of hydrogen-bond donors (Lipinski definition) is 1. The molecule has 1 aliphatic carbocycles. The van der Waals surface area contributed by atoms with Gasteiger partial charge in [-0.15, -0.1) is 11.6 Å². The van der Waals surface area contributed by atoms with E-state index in [-0.39, 0.29) is 12.0 Å². The number of carbonyl (C=O) groups excluding carboxylic acids is 1. The van der Waals surface area contributed by atoms with Gasteiger partial charge in [0.2, 0.25) is 0 Å². The first kappa shape index (κ1) is 14.7. The van der Waals surface area contributed by atoms with Crippen molar-refractivity contribution in [1.82, 2.24) is 5.32 Å². The van der Waals surface area contributed by atoms with Crippen molar-refractivity contribution in [2.75, 3.05) is 12.4 Å². The first-order valence-electron chi connectivity index (χ1n) is 7.86. The van der Waals surface area contributed by atoms with Crippen LogP contribution in [0.3, 0.4) is 0 Å². The number of rotatable bonds is 4. The van der Waals surface area contributed by atoms with Gasteiger partial charge < -0.3 is 10.1 Å². The fourth-order valence-electron chi connectivity index (χ4n) is 3.43. The Labute approximate surface area is 131 Å². The predicted molar refractivity (Wildman–Crippen MR) is 83.7 cm³/mol. The van der Waals surface area contributed by atoms with Gasteiger partial charge >= 0.3 is 0 Å². The third kappa shape index (κ3) is 3.34. The third-order valence-corrected chi connectivity index (χ3v) is 5.14. The summed E-state index contributed by atoms with van der Waals surface area (Å²) in [6.45, 7) is 0.729. The van der Waals surface area contributed by atoms with Gasteiger partial charge in [0.1, 0.15) is 5.75 Å². The molecule has 1 aliphatic heterocycles. The van der Waals surface area contributed by atoms with Crippen molar-refractivity contribution in [3.8, 4) is 5.75 Å². The van der Waals surface area contributed by atoms with Crippen LogP contribution >= 0.6 is 11.6 Å². The Bertz CT molecular complexity index is 480. The van der Waals surface area contributed by atoms with Gasteiger partial charge in [-0.2, -0.15) is 0 Å². The largest absolute Gasteiger partial charge is 0.480 e. The Morgan fingerprint density at radius 3 is 2.76 bits per heavy atom. The van der Waals surface area contributed by atoms with Crippen LogP contribution in [0.25, 0.3) is 0 Å². The van der Waals surface area contributed by atoms with Crippen molar-refractivity contribution < 1.29 is 9.53 Å². The minimum Gasteiger partial charge on any atom is -0.480 e. The van der Waals surface area contributed by atoms with Crippen molar-refractivity contribution in [2.45, 2.75) is 38.2 Å². The lowest BCUT2D eigenvalue weighted by Crippen LogP contribution is -2.41. The molecule has 3 rings (SSSR count). The average molecular weight is 308 g/mol. The standard InChI is InChI=1S/C17H22ClNO2/c18-10-13-6-1-2-7-14(13)11-19-17(20)16-9-12-5-3-4-8-15(12)21-16/h3-5,8,13-14,16H,1-2,6-7,9-11H2,(H,19,20). The molecule has 1 fully saturated rings. The van der Waals surface area contributed by atoms with E-state index >= 15 is 0 Å². The molecule has 1 amide bonds. The van der Waals surface area contributed by atoms with Gasteiger partial charge in [-0.1, -0.05) is 31.0 Å². The van der Waals surface area contributed by atoms with E-state index in [1.54, 1.807) is 0 Å². The van der Waals surface area contributed by atoms with Crippen LogP contribution in [0.15, 0.2) is 24.3 Å². The summed E-state index contributed by atoms with van der Waals surface area (Å²) in [4.78, 5) is 12.3. The molecule has 114 valence electrons. The molecule has 21 heavy (non-hydrogen) atoms. The molecule has 1 aromatic rings. The summed E-state index contributed by atoms with van der Waals surface area (Å²) in [5, 5.41) is 3.07. The van der Waals surface area contributed by atoms with E-state index in [9.17, 15) is 4.79 Å². The molecule has 0 bridgehead atoms. The van der Waals surface area contributed by atoms with Crippen LogP contribution in [0, 0.1) is 11.8 Å². The number of alkyl halides is 1. The van der Waals surface area contributed by atoms with Crippen LogP contribution in [-0.2, 0) is 11.2 Å². The lowest BCUT2D eigenvalue weighted by atomic mass is 9.80. The normalized spacial score (nSPS) is 27.8. The molecule has 1 saturated carbocycles. The van der Waals surface area contributed by atoms with Gasteiger partial charge in [-0.25, -0.2) is 0 Å². The smallest absolute Gasteiger partial charge is 0.261 e. The van der Waals surface area contributed by atoms with E-state index < -0.39 is 0 Å². The third-order valence-electron chi connectivity index (χ3n) is 4.74. The zero-order valence-electron chi connectivity index (χ0n) is 12.2. The fourth-order valence-corrected chi connectivity index (χ4v) is 3.84. The van der Waals surface area contributed by atoms with Gasteiger partial charge in [-0.05, 0) is 36.3 Å². The molecule has 0 saturated heterocycles. The van der Waals surface area contributed by atoms with E-state index in [1.807, 2.05) is 24.3 Å². The zero-order chi connectivity index (χ0) is 14.7. The maximum atomic E-state index is 12.3. The highest BCUT2D eigenvalue weighted by Gasteiger charge is 2.30. The summed E-state index contributed by atoms with van der Waals surface area (Å²) in [5.41, 5.74) is 1.12. The molecule has 4 heteroatoms. The van der Waals surface area contributed by atoms with E-state index in [4.69, 9.17) is 16.3 Å². The van der Waals surface area contributed by atoms with Crippen LogP contribution in [0.5, 0.6) is 5.75 Å². The number of carbonyl (C=O) groups is 1. The second kappa shape index (κ2) is 6.69. The van der Waals surface area contributed by atoms with Crippen molar-refractivity contribution in [3.05, 3.63) is 29.8 Å². The lowest BCUT2D eigenvalue weighted by Gasteiger charge is -2.30. The first-order valence-corrected chi connectivity index (χ1v) is 8.39. The highest BCUT2D eigenvalue weighted by atomic mass is 35.5. The maximum absolute atomic E-state index is 12.3. The molecule has 3 unspecified atom stereocenters. The minimum absolute atomic E-state index is 0.00472. The zero-order valence-corrected chi connectivity index (χ0v) is 12.9. The Morgan fingerprint density at radius 1 is 1.24 bits per heavy atom. The second-order valence-electron chi connectivity index (χ2n) is 6.12. The van der Waals surface area contributed by atoms with Crippen molar-refractivity contribution in [3.63, 3.8) is 0 Å². The monoisotopic (exact) mass is 307 g/mol. The number of nitrogens with one attached hydrogen (secondary N) is 1. The molecular formula is C17H22ClNO2. The van der Waals surface area contributed by atoms with Crippen LogP contribution < -0.4 is 10.1 Å². The fraction of sp³-hybridized carbons (Fsp3) is 0.588. The molecule has 3 nitrogen and oxygen atoms in total. The molecule has 0 radical (unpaired) electrons. The molecule has 0 spiro atoms. The summed E-state index contributed by atoms with van der Waals surface area (Å²) in [7, 11) is 0. The Balaban J connectivity index is 1.51. The van der Waals surface area contributed by atoms with Crippen molar-refractivity contribution >= 4 is 17.5 Å². The first-order chi connectivity index (χ1) is 10.3. The number of para-hydroxylation sites is 1. The number of halogens is 1. The van der Waals surface area contributed by atoms with E-state index in [2.05, 4.69) is 5.32 Å². The highest BCUT2D eigenvalue weighted by Crippen LogP contribution is 2.31. The van der Waals surface area contributed by atoms with Crippen LogP contribution in [-0.4, -0.2) is 24.4 Å². The van der Waals surface area contributed by atoms with Crippen molar-refractivity contribution in [1.29, 1.82) is 0 Å². The number of benzene rings is 1. The Kier molecular flexibility index (Phi) is 4.69. The van der Waals surface area contributed by atoms with Gasteiger partial charge in [0.25, 0.3) is 5.91 Å². The molecular weight excluding hydrogens is 286 g/mol.